The Hall–Kier alpha value is -3.89. The molecule has 3 rings (SSSR count). The van der Waals surface area contributed by atoms with Crippen LogP contribution in [0.15, 0.2) is 35.3 Å². The predicted molar refractivity (Wildman–Crippen MR) is 100 cm³/mol. The smallest absolute Gasteiger partial charge is 0.341 e. The van der Waals surface area contributed by atoms with E-state index in [1.807, 2.05) is 0 Å². The SMILES string of the molecule is CC(=O)OCOc1c2n(cc(C(=O)O)c1=O)N(C)CN(Cc1ccc(F)cc1)C2=O. The van der Waals surface area contributed by atoms with Gasteiger partial charge in [0.25, 0.3) is 5.91 Å². The molecule has 1 amide bonds. The van der Waals surface area contributed by atoms with Crippen LogP contribution in [0.3, 0.4) is 0 Å². The number of hydrogen-bond acceptors (Lipinski definition) is 7. The molecule has 1 aliphatic rings. The number of carboxylic acid groups (broad SMARTS) is 1. The molecular formula is C19H18FN3O7. The number of hydrogen-bond donors (Lipinski definition) is 1. The topological polar surface area (TPSA) is 118 Å². The van der Waals surface area contributed by atoms with Crippen LogP contribution in [0.5, 0.6) is 5.75 Å². The standard InChI is InChI=1S/C19H18FN3O7/c1-11(24)29-10-30-17-15-18(26)22(7-12-3-5-13(20)6-4-12)9-21(2)23(15)8-14(16(17)25)19(27)28/h3-6,8H,7,9-10H2,1-2H3,(H,27,28). The fourth-order valence-corrected chi connectivity index (χ4v) is 2.96. The number of ether oxygens (including phenoxy) is 2. The van der Waals surface area contributed by atoms with Gasteiger partial charge in [-0.2, -0.15) is 0 Å². The van der Waals surface area contributed by atoms with Crippen molar-refractivity contribution in [3.63, 3.8) is 0 Å². The average Bonchev–Trinajstić information content (AvgIpc) is 2.68. The van der Waals surface area contributed by atoms with Crippen LogP contribution in [0.2, 0.25) is 0 Å². The summed E-state index contributed by atoms with van der Waals surface area (Å²) in [4.78, 5) is 49.6. The van der Waals surface area contributed by atoms with Gasteiger partial charge in [-0.3, -0.25) is 24.1 Å². The van der Waals surface area contributed by atoms with Gasteiger partial charge in [0.2, 0.25) is 18.0 Å². The van der Waals surface area contributed by atoms with Gasteiger partial charge in [0.1, 0.15) is 18.0 Å². The highest BCUT2D eigenvalue weighted by atomic mass is 19.1. The van der Waals surface area contributed by atoms with E-state index in [1.165, 1.54) is 38.9 Å². The molecule has 1 aromatic carbocycles. The summed E-state index contributed by atoms with van der Waals surface area (Å²) in [6, 6.07) is 5.57. The Labute approximate surface area is 169 Å². The minimum Gasteiger partial charge on any atom is -0.477 e. The van der Waals surface area contributed by atoms with Crippen LogP contribution in [0, 0.1) is 5.82 Å². The van der Waals surface area contributed by atoms with Gasteiger partial charge >= 0.3 is 11.9 Å². The Morgan fingerprint density at radius 1 is 1.20 bits per heavy atom. The Bertz CT molecular complexity index is 1070. The Morgan fingerprint density at radius 3 is 2.47 bits per heavy atom. The second kappa shape index (κ2) is 8.23. The first-order valence-corrected chi connectivity index (χ1v) is 8.73. The number of carbonyl (C=O) groups is 3. The number of aromatic carboxylic acids is 1. The number of fused-ring (bicyclic) bond motifs is 1. The summed E-state index contributed by atoms with van der Waals surface area (Å²) in [5.74, 6) is -3.75. The van der Waals surface area contributed by atoms with E-state index in [0.717, 1.165) is 13.1 Å². The molecule has 0 atom stereocenters. The number of nitrogens with zero attached hydrogens (tertiary/aromatic N) is 3. The van der Waals surface area contributed by atoms with Gasteiger partial charge in [-0.25, -0.2) is 9.18 Å². The molecule has 11 heteroatoms. The normalized spacial score (nSPS) is 13.1. The second-order valence-corrected chi connectivity index (χ2v) is 6.53. The van der Waals surface area contributed by atoms with E-state index in [0.29, 0.717) is 5.56 Å². The fraction of sp³-hybridized carbons (Fsp3) is 0.263. The number of carbonyl (C=O) groups excluding carboxylic acids is 2. The van der Waals surface area contributed by atoms with Crippen molar-refractivity contribution in [1.29, 1.82) is 0 Å². The molecule has 1 aromatic heterocycles. The lowest BCUT2D eigenvalue weighted by Gasteiger charge is -2.38. The van der Waals surface area contributed by atoms with Gasteiger partial charge in [0, 0.05) is 26.7 Å². The number of benzene rings is 1. The molecule has 2 heterocycles. The van der Waals surface area contributed by atoms with Crippen LogP contribution >= 0.6 is 0 Å². The van der Waals surface area contributed by atoms with Crippen LogP contribution < -0.4 is 15.2 Å². The molecular weight excluding hydrogens is 401 g/mol. The van der Waals surface area contributed by atoms with Gasteiger partial charge in [0.15, 0.2) is 5.69 Å². The molecule has 1 N–H and O–H groups in total. The van der Waals surface area contributed by atoms with Crippen molar-refractivity contribution in [2.24, 2.45) is 0 Å². The van der Waals surface area contributed by atoms with Crippen LogP contribution in [-0.2, 0) is 16.1 Å². The Morgan fingerprint density at radius 2 is 1.87 bits per heavy atom. The maximum atomic E-state index is 13.1. The molecule has 1 aliphatic heterocycles. The average molecular weight is 419 g/mol. The largest absolute Gasteiger partial charge is 0.477 e. The van der Waals surface area contributed by atoms with Gasteiger partial charge in [-0.15, -0.1) is 0 Å². The van der Waals surface area contributed by atoms with Crippen molar-refractivity contribution >= 4 is 17.8 Å². The summed E-state index contributed by atoms with van der Waals surface area (Å²) in [6.45, 7) is 0.633. The summed E-state index contributed by atoms with van der Waals surface area (Å²) >= 11 is 0. The molecule has 30 heavy (non-hydrogen) atoms. The van der Waals surface area contributed by atoms with Gasteiger partial charge in [-0.05, 0) is 17.7 Å². The number of halogens is 1. The molecule has 0 aliphatic carbocycles. The third-order valence-corrected chi connectivity index (χ3v) is 4.36. The van der Waals surface area contributed by atoms with E-state index >= 15 is 0 Å². The minimum absolute atomic E-state index is 0.0640. The summed E-state index contributed by atoms with van der Waals surface area (Å²) in [5, 5.41) is 10.8. The zero-order valence-corrected chi connectivity index (χ0v) is 16.1. The van der Waals surface area contributed by atoms with Crippen molar-refractivity contribution in [3.8, 4) is 5.75 Å². The number of esters is 1. The number of carboxylic acids is 1. The highest BCUT2D eigenvalue weighted by molar-refractivity contribution is 5.98. The number of rotatable bonds is 6. The molecule has 0 spiro atoms. The van der Waals surface area contributed by atoms with Crippen LogP contribution in [0.25, 0.3) is 0 Å². The fourth-order valence-electron chi connectivity index (χ4n) is 2.96. The first-order valence-electron chi connectivity index (χ1n) is 8.73. The van der Waals surface area contributed by atoms with E-state index in [1.54, 1.807) is 7.05 Å². The lowest BCUT2D eigenvalue weighted by molar-refractivity contribution is -0.147. The van der Waals surface area contributed by atoms with Crippen molar-refractivity contribution < 1.29 is 33.4 Å². The van der Waals surface area contributed by atoms with Crippen LogP contribution in [0.4, 0.5) is 4.39 Å². The first-order chi connectivity index (χ1) is 14.2. The monoisotopic (exact) mass is 419 g/mol. The minimum atomic E-state index is -1.50. The van der Waals surface area contributed by atoms with Gasteiger partial charge in [-0.1, -0.05) is 12.1 Å². The summed E-state index contributed by atoms with van der Waals surface area (Å²) in [5.41, 5.74) is -1.19. The third kappa shape index (κ3) is 4.09. The van der Waals surface area contributed by atoms with E-state index in [-0.39, 0.29) is 18.9 Å². The van der Waals surface area contributed by atoms with Crippen molar-refractivity contribution in [2.45, 2.75) is 13.5 Å². The Balaban J connectivity index is 2.03. The molecule has 0 radical (unpaired) electrons. The van der Waals surface area contributed by atoms with E-state index < -0.39 is 47.2 Å². The summed E-state index contributed by atoms with van der Waals surface area (Å²) in [7, 11) is 1.58. The lowest BCUT2D eigenvalue weighted by Crippen LogP contribution is -2.52. The zero-order valence-electron chi connectivity index (χ0n) is 16.1. The van der Waals surface area contributed by atoms with E-state index in [9.17, 15) is 28.7 Å². The molecule has 0 bridgehead atoms. The quantitative estimate of drug-likeness (QED) is 0.539. The van der Waals surface area contributed by atoms with Crippen molar-refractivity contribution in [2.75, 3.05) is 25.5 Å². The molecule has 0 fully saturated rings. The molecule has 158 valence electrons. The number of aromatic nitrogens is 1. The Kier molecular flexibility index (Phi) is 5.72. The maximum Gasteiger partial charge on any atom is 0.341 e. The third-order valence-electron chi connectivity index (χ3n) is 4.36. The molecule has 0 saturated carbocycles. The molecule has 10 nitrogen and oxygen atoms in total. The summed E-state index contributed by atoms with van der Waals surface area (Å²) < 4.78 is 24.2. The van der Waals surface area contributed by atoms with Gasteiger partial charge in [0.05, 0.1) is 0 Å². The highest BCUT2D eigenvalue weighted by Gasteiger charge is 2.34. The molecule has 0 saturated heterocycles. The van der Waals surface area contributed by atoms with E-state index in [4.69, 9.17) is 4.74 Å². The van der Waals surface area contributed by atoms with E-state index in [2.05, 4.69) is 4.74 Å². The molecule has 2 aromatic rings. The van der Waals surface area contributed by atoms with Gasteiger partial charge < -0.3 is 19.5 Å². The maximum absolute atomic E-state index is 13.1. The molecule has 0 unspecified atom stereocenters. The van der Waals surface area contributed by atoms with Crippen molar-refractivity contribution in [3.05, 3.63) is 63.3 Å². The number of pyridine rings is 1. The van der Waals surface area contributed by atoms with Crippen LogP contribution in [0.1, 0.15) is 33.3 Å². The summed E-state index contributed by atoms with van der Waals surface area (Å²) in [6.07, 6.45) is 1.03. The zero-order chi connectivity index (χ0) is 22.0. The first kappa shape index (κ1) is 20.8. The highest BCUT2D eigenvalue weighted by Crippen LogP contribution is 2.23. The second-order valence-electron chi connectivity index (χ2n) is 6.53. The van der Waals surface area contributed by atoms with Crippen molar-refractivity contribution in [1.82, 2.24) is 9.58 Å². The number of amides is 1. The van der Waals surface area contributed by atoms with Crippen LogP contribution in [-0.4, -0.2) is 53.0 Å². The predicted octanol–water partition coefficient (Wildman–Crippen LogP) is 0.766. The lowest BCUT2D eigenvalue weighted by atomic mass is 10.1.